The van der Waals surface area contributed by atoms with Gasteiger partial charge in [-0.05, 0) is 41.3 Å². The molecule has 26 heavy (non-hydrogen) atoms. The second kappa shape index (κ2) is 8.78. The van der Waals surface area contributed by atoms with E-state index in [1.807, 2.05) is 47.8 Å². The number of nitrogens with one attached hydrogen (secondary N) is 2. The fourth-order valence-electron chi connectivity index (χ4n) is 2.39. The molecule has 0 aliphatic heterocycles. The molecule has 0 radical (unpaired) electrons. The first-order valence-electron chi connectivity index (χ1n) is 8.15. The lowest BCUT2D eigenvalue weighted by atomic mass is 10.1. The van der Waals surface area contributed by atoms with Crippen LogP contribution in [0.3, 0.4) is 0 Å². The molecule has 2 amide bonds. The van der Waals surface area contributed by atoms with Gasteiger partial charge in [-0.1, -0.05) is 42.5 Å². The minimum absolute atomic E-state index is 0.0998. The lowest BCUT2D eigenvalue weighted by Gasteiger charge is -2.08. The fraction of sp³-hybridized carbons (Fsp3) is 0.0476. The van der Waals surface area contributed by atoms with Crippen LogP contribution in [-0.2, 0) is 16.0 Å². The highest BCUT2D eigenvalue weighted by Crippen LogP contribution is 2.16. The van der Waals surface area contributed by atoms with Crippen molar-refractivity contribution in [2.24, 2.45) is 0 Å². The zero-order valence-corrected chi connectivity index (χ0v) is 14.8. The SMILES string of the molecule is O=C(/C=C/c1cccs1)Nc1cccc(NC(=O)Cc2ccccc2)c1. The molecule has 0 spiro atoms. The third-order valence-electron chi connectivity index (χ3n) is 3.56. The van der Waals surface area contributed by atoms with Gasteiger partial charge in [-0.2, -0.15) is 0 Å². The van der Waals surface area contributed by atoms with E-state index >= 15 is 0 Å². The van der Waals surface area contributed by atoms with Crippen LogP contribution < -0.4 is 10.6 Å². The molecular formula is C21H18N2O2S. The molecule has 3 rings (SSSR count). The van der Waals surface area contributed by atoms with Crippen LogP contribution >= 0.6 is 11.3 Å². The number of thiophene rings is 1. The Labute approximate surface area is 156 Å². The second-order valence-corrected chi connectivity index (χ2v) is 6.61. The molecule has 1 aromatic heterocycles. The van der Waals surface area contributed by atoms with E-state index in [1.165, 1.54) is 6.08 Å². The van der Waals surface area contributed by atoms with E-state index in [9.17, 15) is 9.59 Å². The Morgan fingerprint density at radius 2 is 1.65 bits per heavy atom. The van der Waals surface area contributed by atoms with E-state index in [2.05, 4.69) is 10.6 Å². The average Bonchev–Trinajstić information content (AvgIpc) is 3.14. The quantitative estimate of drug-likeness (QED) is 0.631. The van der Waals surface area contributed by atoms with Crippen molar-refractivity contribution in [2.75, 3.05) is 10.6 Å². The van der Waals surface area contributed by atoms with Crippen molar-refractivity contribution in [1.82, 2.24) is 0 Å². The molecule has 0 fully saturated rings. The molecule has 2 N–H and O–H groups in total. The van der Waals surface area contributed by atoms with Gasteiger partial charge >= 0.3 is 0 Å². The maximum absolute atomic E-state index is 12.1. The Bertz CT molecular complexity index is 903. The van der Waals surface area contributed by atoms with Crippen molar-refractivity contribution in [1.29, 1.82) is 0 Å². The molecule has 3 aromatic rings. The predicted molar refractivity (Wildman–Crippen MR) is 107 cm³/mol. The zero-order chi connectivity index (χ0) is 18.2. The van der Waals surface area contributed by atoms with Crippen LogP contribution in [0.1, 0.15) is 10.4 Å². The van der Waals surface area contributed by atoms with E-state index in [4.69, 9.17) is 0 Å². The maximum Gasteiger partial charge on any atom is 0.248 e. The van der Waals surface area contributed by atoms with Crippen molar-refractivity contribution < 1.29 is 9.59 Å². The summed E-state index contributed by atoms with van der Waals surface area (Å²) in [6, 6.07) is 20.5. The lowest BCUT2D eigenvalue weighted by molar-refractivity contribution is -0.115. The summed E-state index contributed by atoms with van der Waals surface area (Å²) in [5.41, 5.74) is 2.22. The standard InChI is InChI=1S/C21H18N2O2S/c24-20(12-11-19-10-5-13-26-19)22-17-8-4-9-18(15-17)23-21(25)14-16-6-2-1-3-7-16/h1-13,15H,14H2,(H,22,24)(H,23,25)/b12-11+. The van der Waals surface area contributed by atoms with Gasteiger partial charge in [0.05, 0.1) is 6.42 Å². The fourth-order valence-corrected chi connectivity index (χ4v) is 3.01. The first-order valence-corrected chi connectivity index (χ1v) is 9.03. The Hall–Kier alpha value is -3.18. The molecule has 0 aliphatic rings. The summed E-state index contributed by atoms with van der Waals surface area (Å²) in [6.45, 7) is 0. The Balaban J connectivity index is 1.57. The van der Waals surface area contributed by atoms with Crippen LogP contribution in [0, 0.1) is 0 Å². The number of hydrogen-bond acceptors (Lipinski definition) is 3. The van der Waals surface area contributed by atoms with Crippen LogP contribution in [0.25, 0.3) is 6.08 Å². The second-order valence-electron chi connectivity index (χ2n) is 5.63. The third-order valence-corrected chi connectivity index (χ3v) is 4.40. The van der Waals surface area contributed by atoms with Crippen LogP contribution in [0.2, 0.25) is 0 Å². The average molecular weight is 362 g/mol. The highest BCUT2D eigenvalue weighted by molar-refractivity contribution is 7.10. The monoisotopic (exact) mass is 362 g/mol. The molecule has 0 saturated carbocycles. The number of rotatable bonds is 6. The van der Waals surface area contributed by atoms with E-state index in [-0.39, 0.29) is 11.8 Å². The van der Waals surface area contributed by atoms with Gasteiger partial charge in [-0.15, -0.1) is 11.3 Å². The van der Waals surface area contributed by atoms with Crippen molar-refractivity contribution in [3.63, 3.8) is 0 Å². The van der Waals surface area contributed by atoms with Crippen molar-refractivity contribution in [2.45, 2.75) is 6.42 Å². The molecule has 1 heterocycles. The van der Waals surface area contributed by atoms with Crippen molar-refractivity contribution in [3.8, 4) is 0 Å². The molecule has 2 aromatic carbocycles. The van der Waals surface area contributed by atoms with Crippen molar-refractivity contribution in [3.05, 3.63) is 88.6 Å². The summed E-state index contributed by atoms with van der Waals surface area (Å²) in [6.07, 6.45) is 3.57. The van der Waals surface area contributed by atoms with E-state index in [1.54, 1.807) is 41.7 Å². The molecule has 0 unspecified atom stereocenters. The first kappa shape index (κ1) is 17.6. The first-order chi connectivity index (χ1) is 12.7. The Morgan fingerprint density at radius 1 is 0.885 bits per heavy atom. The van der Waals surface area contributed by atoms with E-state index < -0.39 is 0 Å². The maximum atomic E-state index is 12.1. The number of carbonyl (C=O) groups is 2. The molecule has 0 saturated heterocycles. The van der Waals surface area contributed by atoms with Gasteiger partial charge in [-0.25, -0.2) is 0 Å². The third kappa shape index (κ3) is 5.43. The molecule has 4 nitrogen and oxygen atoms in total. The summed E-state index contributed by atoms with van der Waals surface area (Å²) < 4.78 is 0. The Morgan fingerprint density at radius 3 is 2.38 bits per heavy atom. The number of hydrogen-bond donors (Lipinski definition) is 2. The van der Waals surface area contributed by atoms with E-state index in [0.29, 0.717) is 17.8 Å². The Kier molecular flexibility index (Phi) is 5.96. The van der Waals surface area contributed by atoms with Gasteiger partial charge in [0.1, 0.15) is 0 Å². The summed E-state index contributed by atoms with van der Waals surface area (Å²) in [5.74, 6) is -0.316. The smallest absolute Gasteiger partial charge is 0.248 e. The summed E-state index contributed by atoms with van der Waals surface area (Å²) in [7, 11) is 0. The van der Waals surface area contributed by atoms with Crippen LogP contribution in [0.5, 0.6) is 0 Å². The molecule has 5 heteroatoms. The van der Waals surface area contributed by atoms with Gasteiger partial charge < -0.3 is 10.6 Å². The van der Waals surface area contributed by atoms with Gasteiger partial charge in [0.15, 0.2) is 0 Å². The van der Waals surface area contributed by atoms with Gasteiger partial charge in [-0.3, -0.25) is 9.59 Å². The summed E-state index contributed by atoms with van der Waals surface area (Å²) in [5, 5.41) is 7.60. The highest BCUT2D eigenvalue weighted by atomic mass is 32.1. The zero-order valence-electron chi connectivity index (χ0n) is 14.0. The molecule has 130 valence electrons. The van der Waals surface area contributed by atoms with Crippen LogP contribution in [0.15, 0.2) is 78.2 Å². The topological polar surface area (TPSA) is 58.2 Å². The number of carbonyl (C=O) groups excluding carboxylic acids is 2. The van der Waals surface area contributed by atoms with Crippen LogP contribution in [-0.4, -0.2) is 11.8 Å². The summed E-state index contributed by atoms with van der Waals surface area (Å²) in [4.78, 5) is 25.2. The highest BCUT2D eigenvalue weighted by Gasteiger charge is 2.05. The minimum Gasteiger partial charge on any atom is -0.326 e. The van der Waals surface area contributed by atoms with Gasteiger partial charge in [0.2, 0.25) is 11.8 Å². The van der Waals surface area contributed by atoms with Gasteiger partial charge in [0, 0.05) is 22.3 Å². The van der Waals surface area contributed by atoms with Crippen LogP contribution in [0.4, 0.5) is 11.4 Å². The molecular weight excluding hydrogens is 344 g/mol. The lowest BCUT2D eigenvalue weighted by Crippen LogP contribution is -2.14. The molecule has 0 bridgehead atoms. The number of benzene rings is 2. The largest absolute Gasteiger partial charge is 0.326 e. The number of anilines is 2. The number of amides is 2. The molecule has 0 aliphatic carbocycles. The summed E-state index contributed by atoms with van der Waals surface area (Å²) >= 11 is 1.57. The normalized spacial score (nSPS) is 10.6. The predicted octanol–water partition coefficient (Wildman–Crippen LogP) is 4.58. The minimum atomic E-state index is -0.217. The van der Waals surface area contributed by atoms with Gasteiger partial charge in [0.25, 0.3) is 0 Å². The van der Waals surface area contributed by atoms with E-state index in [0.717, 1.165) is 10.4 Å². The molecule has 0 atom stereocenters. The van der Waals surface area contributed by atoms with Crippen molar-refractivity contribution >= 4 is 40.6 Å².